The lowest BCUT2D eigenvalue weighted by molar-refractivity contribution is -0.129. The maximum absolute atomic E-state index is 12.0. The molecule has 7 heteroatoms. The summed E-state index contributed by atoms with van der Waals surface area (Å²) < 4.78 is 1.61. The highest BCUT2D eigenvalue weighted by atomic mass is 16.2. The smallest absolute Gasteiger partial charge is 0.241 e. The second-order valence-electron chi connectivity index (χ2n) is 5.28. The number of aromatic nitrogens is 2. The van der Waals surface area contributed by atoms with Crippen molar-refractivity contribution in [3.05, 3.63) is 18.0 Å². The number of hydrogen-bond acceptors (Lipinski definition) is 4. The Bertz CT molecular complexity index is 499. The van der Waals surface area contributed by atoms with Crippen LogP contribution in [0.4, 0.5) is 0 Å². The van der Waals surface area contributed by atoms with Crippen LogP contribution in [0.25, 0.3) is 0 Å². The number of carbonyl (C=O) groups excluding carboxylic acids is 2. The lowest BCUT2D eigenvalue weighted by Gasteiger charge is -2.22. The number of nitrogens with zero attached hydrogens (tertiary/aromatic N) is 3. The zero-order valence-corrected chi connectivity index (χ0v) is 11.9. The molecule has 1 aliphatic rings. The van der Waals surface area contributed by atoms with Crippen molar-refractivity contribution in [2.45, 2.75) is 31.8 Å². The zero-order valence-electron chi connectivity index (χ0n) is 11.9. The largest absolute Gasteiger partial charge is 0.350 e. The Balaban J connectivity index is 1.85. The van der Waals surface area contributed by atoms with Gasteiger partial charge in [0.1, 0.15) is 6.04 Å². The molecule has 0 aliphatic carbocycles. The molecule has 2 heterocycles. The van der Waals surface area contributed by atoms with Gasteiger partial charge >= 0.3 is 0 Å². The average Bonchev–Trinajstić information content (AvgIpc) is 2.98. The summed E-state index contributed by atoms with van der Waals surface area (Å²) in [6.45, 7) is 3.18. The molecular formula is C13H21N5O2. The van der Waals surface area contributed by atoms with Crippen LogP contribution in [-0.4, -0.2) is 45.6 Å². The number of amides is 2. The van der Waals surface area contributed by atoms with Gasteiger partial charge in [-0.05, 0) is 13.3 Å². The van der Waals surface area contributed by atoms with Crippen molar-refractivity contribution in [2.75, 3.05) is 13.1 Å². The van der Waals surface area contributed by atoms with Crippen LogP contribution in [-0.2, 0) is 16.6 Å². The molecule has 0 spiro atoms. The Labute approximate surface area is 118 Å². The SMILES string of the molecule is CC(CN1CCCC1=O)NC(=O)C(N)c1cnn(C)c1. The first kappa shape index (κ1) is 14.5. The molecule has 1 aromatic rings. The molecule has 1 fully saturated rings. The fourth-order valence-electron chi connectivity index (χ4n) is 2.36. The topological polar surface area (TPSA) is 93.2 Å². The minimum atomic E-state index is -0.736. The van der Waals surface area contributed by atoms with Gasteiger partial charge in [0, 0.05) is 44.4 Å². The summed E-state index contributed by atoms with van der Waals surface area (Å²) in [5, 5.41) is 6.84. The first-order valence-electron chi connectivity index (χ1n) is 6.79. The molecular weight excluding hydrogens is 258 g/mol. The molecule has 2 unspecified atom stereocenters. The highest BCUT2D eigenvalue weighted by Gasteiger charge is 2.24. The highest BCUT2D eigenvalue weighted by molar-refractivity contribution is 5.83. The molecule has 20 heavy (non-hydrogen) atoms. The molecule has 0 aromatic carbocycles. The van der Waals surface area contributed by atoms with Gasteiger partial charge in [0.15, 0.2) is 0 Å². The van der Waals surface area contributed by atoms with Crippen molar-refractivity contribution < 1.29 is 9.59 Å². The van der Waals surface area contributed by atoms with Gasteiger partial charge in [0.25, 0.3) is 0 Å². The normalized spacial score (nSPS) is 18.1. The van der Waals surface area contributed by atoms with Crippen LogP contribution in [0, 0.1) is 0 Å². The van der Waals surface area contributed by atoms with Gasteiger partial charge in [-0.1, -0.05) is 0 Å². The van der Waals surface area contributed by atoms with Crippen LogP contribution in [0.15, 0.2) is 12.4 Å². The quantitative estimate of drug-likeness (QED) is 0.763. The number of hydrogen-bond donors (Lipinski definition) is 2. The van der Waals surface area contributed by atoms with E-state index in [1.54, 1.807) is 29.0 Å². The van der Waals surface area contributed by atoms with E-state index in [1.807, 2.05) is 6.92 Å². The average molecular weight is 279 g/mol. The summed E-state index contributed by atoms with van der Waals surface area (Å²) in [5.41, 5.74) is 6.57. The van der Waals surface area contributed by atoms with E-state index in [4.69, 9.17) is 5.73 Å². The minimum Gasteiger partial charge on any atom is -0.350 e. The third-order valence-electron chi connectivity index (χ3n) is 3.42. The van der Waals surface area contributed by atoms with E-state index in [0.717, 1.165) is 13.0 Å². The molecule has 1 aromatic heterocycles. The van der Waals surface area contributed by atoms with E-state index in [0.29, 0.717) is 18.5 Å². The number of aryl methyl sites for hydroxylation is 1. The van der Waals surface area contributed by atoms with E-state index in [1.165, 1.54) is 0 Å². The standard InChI is InChI=1S/C13H21N5O2/c1-9(7-18-5-3-4-11(18)19)16-13(20)12(14)10-6-15-17(2)8-10/h6,8-9,12H,3-5,7,14H2,1-2H3,(H,16,20). The maximum Gasteiger partial charge on any atom is 0.241 e. The van der Waals surface area contributed by atoms with Crippen molar-refractivity contribution in [2.24, 2.45) is 12.8 Å². The minimum absolute atomic E-state index is 0.118. The van der Waals surface area contributed by atoms with Crippen LogP contribution in [0.1, 0.15) is 31.4 Å². The zero-order chi connectivity index (χ0) is 14.7. The van der Waals surface area contributed by atoms with Gasteiger partial charge in [-0.25, -0.2) is 0 Å². The fraction of sp³-hybridized carbons (Fsp3) is 0.615. The first-order chi connectivity index (χ1) is 9.47. The van der Waals surface area contributed by atoms with Crippen molar-refractivity contribution in [3.63, 3.8) is 0 Å². The Morgan fingerprint density at radius 1 is 1.60 bits per heavy atom. The lowest BCUT2D eigenvalue weighted by Crippen LogP contribution is -2.45. The van der Waals surface area contributed by atoms with Crippen molar-refractivity contribution in [1.29, 1.82) is 0 Å². The van der Waals surface area contributed by atoms with Crippen molar-refractivity contribution in [1.82, 2.24) is 20.0 Å². The van der Waals surface area contributed by atoms with E-state index in [2.05, 4.69) is 10.4 Å². The second kappa shape index (κ2) is 6.04. The summed E-state index contributed by atoms with van der Waals surface area (Å²) in [5.74, 6) is -0.0974. The summed E-state index contributed by atoms with van der Waals surface area (Å²) in [6.07, 6.45) is 4.81. The predicted octanol–water partition coefficient (Wildman–Crippen LogP) is -0.453. The molecule has 110 valence electrons. The Morgan fingerprint density at radius 3 is 2.90 bits per heavy atom. The molecule has 2 rings (SSSR count). The molecule has 0 bridgehead atoms. The molecule has 2 amide bonds. The van der Waals surface area contributed by atoms with Gasteiger partial charge in [-0.3, -0.25) is 14.3 Å². The summed E-state index contributed by atoms with van der Waals surface area (Å²) >= 11 is 0. The number of rotatable bonds is 5. The van der Waals surface area contributed by atoms with Crippen LogP contribution < -0.4 is 11.1 Å². The molecule has 3 N–H and O–H groups in total. The maximum atomic E-state index is 12.0. The Kier molecular flexibility index (Phi) is 4.39. The summed E-state index contributed by atoms with van der Waals surface area (Å²) in [7, 11) is 1.77. The van der Waals surface area contributed by atoms with Gasteiger partial charge in [-0.2, -0.15) is 5.10 Å². The third-order valence-corrected chi connectivity index (χ3v) is 3.42. The predicted molar refractivity (Wildman–Crippen MR) is 73.6 cm³/mol. The summed E-state index contributed by atoms with van der Waals surface area (Å²) in [6, 6.07) is -0.854. The van der Waals surface area contributed by atoms with E-state index in [9.17, 15) is 9.59 Å². The molecule has 1 saturated heterocycles. The number of carbonyl (C=O) groups is 2. The van der Waals surface area contributed by atoms with Crippen LogP contribution in [0.3, 0.4) is 0 Å². The number of nitrogens with one attached hydrogen (secondary N) is 1. The third kappa shape index (κ3) is 3.36. The van der Waals surface area contributed by atoms with Gasteiger partial charge < -0.3 is 16.0 Å². The highest BCUT2D eigenvalue weighted by Crippen LogP contribution is 2.11. The van der Waals surface area contributed by atoms with Gasteiger partial charge in [0.05, 0.1) is 6.20 Å². The van der Waals surface area contributed by atoms with Crippen LogP contribution >= 0.6 is 0 Å². The van der Waals surface area contributed by atoms with Gasteiger partial charge in [-0.15, -0.1) is 0 Å². The van der Waals surface area contributed by atoms with Crippen molar-refractivity contribution in [3.8, 4) is 0 Å². The molecule has 7 nitrogen and oxygen atoms in total. The monoisotopic (exact) mass is 279 g/mol. The number of nitrogens with two attached hydrogens (primary N) is 1. The Hall–Kier alpha value is -1.89. The number of likely N-dealkylation sites (tertiary alicyclic amines) is 1. The lowest BCUT2D eigenvalue weighted by atomic mass is 10.1. The van der Waals surface area contributed by atoms with E-state index >= 15 is 0 Å². The van der Waals surface area contributed by atoms with Crippen molar-refractivity contribution >= 4 is 11.8 Å². The summed E-state index contributed by atoms with van der Waals surface area (Å²) in [4.78, 5) is 25.4. The molecule has 2 atom stereocenters. The first-order valence-corrected chi connectivity index (χ1v) is 6.79. The molecule has 0 saturated carbocycles. The van der Waals surface area contributed by atoms with Crippen LogP contribution in [0.5, 0.6) is 0 Å². The van der Waals surface area contributed by atoms with E-state index < -0.39 is 6.04 Å². The van der Waals surface area contributed by atoms with Gasteiger partial charge in [0.2, 0.25) is 11.8 Å². The fourth-order valence-corrected chi connectivity index (χ4v) is 2.36. The second-order valence-corrected chi connectivity index (χ2v) is 5.28. The molecule has 0 radical (unpaired) electrons. The van der Waals surface area contributed by atoms with E-state index in [-0.39, 0.29) is 17.9 Å². The molecule has 1 aliphatic heterocycles. The van der Waals surface area contributed by atoms with Crippen LogP contribution in [0.2, 0.25) is 0 Å². The Morgan fingerprint density at radius 2 is 2.35 bits per heavy atom.